The molecule has 2 rings (SSSR count). The second-order valence-electron chi connectivity index (χ2n) is 4.75. The molecule has 14 heavy (non-hydrogen) atoms. The van der Waals surface area contributed by atoms with Crippen molar-refractivity contribution in [1.82, 2.24) is 15.1 Å². The summed E-state index contributed by atoms with van der Waals surface area (Å²) < 4.78 is 0. The van der Waals surface area contributed by atoms with E-state index in [1.54, 1.807) is 0 Å². The molecule has 3 nitrogen and oxygen atoms in total. The molecule has 0 aromatic rings. The Morgan fingerprint density at radius 3 is 2.57 bits per heavy atom. The van der Waals surface area contributed by atoms with Crippen LogP contribution in [-0.4, -0.2) is 61.7 Å². The molecule has 2 saturated heterocycles. The molecule has 2 aliphatic rings. The Morgan fingerprint density at radius 1 is 1.36 bits per heavy atom. The highest BCUT2D eigenvalue weighted by molar-refractivity contribution is 4.91. The predicted octanol–water partition coefficient (Wildman–Crippen LogP) is 0.374. The predicted molar refractivity (Wildman–Crippen MR) is 59.6 cm³/mol. The van der Waals surface area contributed by atoms with E-state index in [1.165, 1.54) is 45.6 Å². The van der Waals surface area contributed by atoms with Crippen molar-refractivity contribution >= 4 is 0 Å². The highest BCUT2D eigenvalue weighted by atomic mass is 15.3. The number of hydrogen-bond acceptors (Lipinski definition) is 3. The molecule has 0 aromatic carbocycles. The molecule has 0 spiro atoms. The molecule has 2 heterocycles. The van der Waals surface area contributed by atoms with Crippen molar-refractivity contribution in [3.05, 3.63) is 0 Å². The fraction of sp³-hybridized carbons (Fsp3) is 1.00. The lowest BCUT2D eigenvalue weighted by molar-refractivity contribution is 0.0983. The molecule has 0 aromatic heterocycles. The van der Waals surface area contributed by atoms with E-state index < -0.39 is 0 Å². The van der Waals surface area contributed by atoms with Crippen LogP contribution in [-0.2, 0) is 0 Å². The van der Waals surface area contributed by atoms with Gasteiger partial charge in [0.1, 0.15) is 0 Å². The van der Waals surface area contributed by atoms with Crippen molar-refractivity contribution in [1.29, 1.82) is 0 Å². The van der Waals surface area contributed by atoms with Gasteiger partial charge in [0.25, 0.3) is 0 Å². The number of nitrogens with zero attached hydrogens (tertiary/aromatic N) is 2. The van der Waals surface area contributed by atoms with Gasteiger partial charge in [0, 0.05) is 31.7 Å². The maximum Gasteiger partial charge on any atom is 0.0348 e. The summed E-state index contributed by atoms with van der Waals surface area (Å²) in [7, 11) is 2.24. The molecule has 2 fully saturated rings. The normalized spacial score (nSPS) is 29.8. The van der Waals surface area contributed by atoms with E-state index in [9.17, 15) is 0 Å². The van der Waals surface area contributed by atoms with Crippen molar-refractivity contribution < 1.29 is 0 Å². The molecule has 1 N–H and O–H groups in total. The third-order valence-corrected chi connectivity index (χ3v) is 3.55. The van der Waals surface area contributed by atoms with Crippen molar-refractivity contribution in [2.75, 3.05) is 39.8 Å². The van der Waals surface area contributed by atoms with E-state index in [2.05, 4.69) is 29.1 Å². The maximum absolute atomic E-state index is 3.38. The molecule has 82 valence electrons. The lowest BCUT2D eigenvalue weighted by Gasteiger charge is -2.41. The Balaban J connectivity index is 1.88. The van der Waals surface area contributed by atoms with Gasteiger partial charge in [-0.1, -0.05) is 6.92 Å². The van der Waals surface area contributed by atoms with Crippen LogP contribution in [0.4, 0.5) is 0 Å². The van der Waals surface area contributed by atoms with Gasteiger partial charge in [-0.15, -0.1) is 0 Å². The highest BCUT2D eigenvalue weighted by Gasteiger charge is 2.32. The molecule has 0 amide bonds. The Labute approximate surface area is 87.4 Å². The average molecular weight is 197 g/mol. The standard InChI is InChI=1S/C11H23N3/c1-3-5-14(11-7-12-8-11)10-4-6-13(2)9-10/h10-12H,3-9H2,1-2H3. The van der Waals surface area contributed by atoms with Crippen LogP contribution < -0.4 is 5.32 Å². The third-order valence-electron chi connectivity index (χ3n) is 3.55. The van der Waals surface area contributed by atoms with E-state index in [0.29, 0.717) is 0 Å². The SMILES string of the molecule is CCCN(C1CNC1)C1CCN(C)C1. The minimum absolute atomic E-state index is 0.825. The first-order valence-corrected chi connectivity index (χ1v) is 5.96. The van der Waals surface area contributed by atoms with E-state index >= 15 is 0 Å². The number of rotatable bonds is 4. The zero-order valence-corrected chi connectivity index (χ0v) is 9.50. The van der Waals surface area contributed by atoms with Crippen LogP contribution in [0.2, 0.25) is 0 Å². The molecular formula is C11H23N3. The Morgan fingerprint density at radius 2 is 2.14 bits per heavy atom. The maximum atomic E-state index is 3.38. The number of nitrogens with one attached hydrogen (secondary N) is 1. The first-order chi connectivity index (χ1) is 6.81. The lowest BCUT2D eigenvalue weighted by atomic mass is 10.1. The number of hydrogen-bond donors (Lipinski definition) is 1. The molecule has 0 radical (unpaired) electrons. The molecule has 0 saturated carbocycles. The quantitative estimate of drug-likeness (QED) is 0.703. The summed E-state index contributed by atoms with van der Waals surface area (Å²) in [6.07, 6.45) is 2.66. The molecule has 2 aliphatic heterocycles. The minimum Gasteiger partial charge on any atom is -0.314 e. The third kappa shape index (κ3) is 2.10. The van der Waals surface area contributed by atoms with Crippen molar-refractivity contribution in [2.24, 2.45) is 0 Å². The van der Waals surface area contributed by atoms with Gasteiger partial charge < -0.3 is 10.2 Å². The first kappa shape index (κ1) is 10.4. The zero-order chi connectivity index (χ0) is 9.97. The van der Waals surface area contributed by atoms with Gasteiger partial charge in [0.2, 0.25) is 0 Å². The topological polar surface area (TPSA) is 18.5 Å². The van der Waals surface area contributed by atoms with Crippen LogP contribution in [0.5, 0.6) is 0 Å². The zero-order valence-electron chi connectivity index (χ0n) is 9.50. The highest BCUT2D eigenvalue weighted by Crippen LogP contribution is 2.18. The van der Waals surface area contributed by atoms with Crippen LogP contribution in [0.1, 0.15) is 19.8 Å². The molecule has 1 atom stereocenters. The van der Waals surface area contributed by atoms with Gasteiger partial charge in [-0.2, -0.15) is 0 Å². The molecule has 0 aliphatic carbocycles. The number of likely N-dealkylation sites (N-methyl/N-ethyl adjacent to an activating group) is 1. The smallest absolute Gasteiger partial charge is 0.0348 e. The fourth-order valence-electron chi connectivity index (χ4n) is 2.61. The van der Waals surface area contributed by atoms with Gasteiger partial charge in [0.15, 0.2) is 0 Å². The Bertz CT molecular complexity index is 179. The lowest BCUT2D eigenvalue weighted by Crippen LogP contribution is -2.60. The van der Waals surface area contributed by atoms with Gasteiger partial charge in [0.05, 0.1) is 0 Å². The van der Waals surface area contributed by atoms with Crippen molar-refractivity contribution in [2.45, 2.75) is 31.8 Å². The van der Waals surface area contributed by atoms with Crippen LogP contribution in [0.3, 0.4) is 0 Å². The minimum atomic E-state index is 0.825. The summed E-state index contributed by atoms with van der Waals surface area (Å²) in [5, 5.41) is 3.38. The average Bonchev–Trinajstić information content (AvgIpc) is 2.48. The summed E-state index contributed by atoms with van der Waals surface area (Å²) in [6, 6.07) is 1.65. The summed E-state index contributed by atoms with van der Waals surface area (Å²) in [5.41, 5.74) is 0. The second kappa shape index (κ2) is 4.60. The van der Waals surface area contributed by atoms with Gasteiger partial charge >= 0.3 is 0 Å². The monoisotopic (exact) mass is 197 g/mol. The molecule has 1 unspecified atom stereocenters. The first-order valence-electron chi connectivity index (χ1n) is 5.96. The van der Waals surface area contributed by atoms with Crippen LogP contribution in [0, 0.1) is 0 Å². The van der Waals surface area contributed by atoms with Crippen LogP contribution in [0.25, 0.3) is 0 Å². The molecular weight excluding hydrogens is 174 g/mol. The van der Waals surface area contributed by atoms with Gasteiger partial charge in [-0.25, -0.2) is 0 Å². The van der Waals surface area contributed by atoms with E-state index in [0.717, 1.165) is 12.1 Å². The molecule has 3 heteroatoms. The second-order valence-corrected chi connectivity index (χ2v) is 4.75. The van der Waals surface area contributed by atoms with E-state index in [4.69, 9.17) is 0 Å². The molecule has 0 bridgehead atoms. The largest absolute Gasteiger partial charge is 0.314 e. The van der Waals surface area contributed by atoms with Crippen LogP contribution in [0.15, 0.2) is 0 Å². The summed E-state index contributed by atoms with van der Waals surface area (Å²) in [5.74, 6) is 0. The van der Waals surface area contributed by atoms with Crippen molar-refractivity contribution in [3.8, 4) is 0 Å². The summed E-state index contributed by atoms with van der Waals surface area (Å²) in [4.78, 5) is 5.19. The van der Waals surface area contributed by atoms with Crippen molar-refractivity contribution in [3.63, 3.8) is 0 Å². The fourth-order valence-corrected chi connectivity index (χ4v) is 2.61. The number of likely N-dealkylation sites (tertiary alicyclic amines) is 1. The Kier molecular flexibility index (Phi) is 3.42. The van der Waals surface area contributed by atoms with E-state index in [-0.39, 0.29) is 0 Å². The Hall–Kier alpha value is -0.120. The van der Waals surface area contributed by atoms with Gasteiger partial charge in [-0.05, 0) is 33.0 Å². The summed E-state index contributed by atoms with van der Waals surface area (Å²) in [6.45, 7) is 8.55. The summed E-state index contributed by atoms with van der Waals surface area (Å²) >= 11 is 0. The van der Waals surface area contributed by atoms with E-state index in [1.807, 2.05) is 0 Å². The van der Waals surface area contributed by atoms with Crippen LogP contribution >= 0.6 is 0 Å². The van der Waals surface area contributed by atoms with Gasteiger partial charge in [-0.3, -0.25) is 4.90 Å².